The number of fused-ring (bicyclic) bond motifs is 1. The molecule has 8 nitrogen and oxygen atoms in total. The van der Waals surface area contributed by atoms with Crippen LogP contribution in [0.25, 0.3) is 0 Å². The normalized spacial score (nSPS) is 16.7. The summed E-state index contributed by atoms with van der Waals surface area (Å²) in [4.78, 5) is 37.1. The lowest BCUT2D eigenvalue weighted by atomic mass is 9.98. The Labute approximate surface area is 174 Å². The van der Waals surface area contributed by atoms with Gasteiger partial charge in [-0.3, -0.25) is 19.8 Å². The molecule has 0 radical (unpaired) electrons. The third kappa shape index (κ3) is 4.27. The first-order valence-electron chi connectivity index (χ1n) is 9.75. The summed E-state index contributed by atoms with van der Waals surface area (Å²) in [6.45, 7) is 5.57. The monoisotopic (exact) mass is 412 g/mol. The number of amides is 1. The second kappa shape index (κ2) is 8.52. The van der Waals surface area contributed by atoms with Gasteiger partial charge in [-0.1, -0.05) is 43.7 Å². The molecule has 0 saturated carbocycles. The predicted octanol–water partition coefficient (Wildman–Crippen LogP) is 3.74. The Balaban J connectivity index is 2.00. The van der Waals surface area contributed by atoms with Crippen LogP contribution in [0.1, 0.15) is 31.4 Å². The SMILES string of the molecule is Cc1ccc(CCC(C(=O)O)N2C(=O)C(C(C)C)Oc3ccc([N+](=O)[O-])cc32)cc1. The van der Waals surface area contributed by atoms with E-state index in [9.17, 15) is 24.8 Å². The average Bonchev–Trinajstić information content (AvgIpc) is 2.69. The van der Waals surface area contributed by atoms with Crippen molar-refractivity contribution < 1.29 is 24.4 Å². The number of nitrogens with zero attached hydrogens (tertiary/aromatic N) is 2. The van der Waals surface area contributed by atoms with Crippen LogP contribution in [0.5, 0.6) is 5.75 Å². The van der Waals surface area contributed by atoms with Gasteiger partial charge in [0, 0.05) is 12.1 Å². The molecule has 0 saturated heterocycles. The number of carboxylic acids is 1. The number of carboxylic acid groups (broad SMARTS) is 1. The van der Waals surface area contributed by atoms with Crippen molar-refractivity contribution in [2.75, 3.05) is 4.90 Å². The first-order valence-corrected chi connectivity index (χ1v) is 9.75. The average molecular weight is 412 g/mol. The molecule has 3 rings (SSSR count). The Morgan fingerprint density at radius 2 is 1.90 bits per heavy atom. The first-order chi connectivity index (χ1) is 14.2. The van der Waals surface area contributed by atoms with Crippen molar-refractivity contribution >= 4 is 23.3 Å². The van der Waals surface area contributed by atoms with Crippen molar-refractivity contribution in [1.82, 2.24) is 0 Å². The van der Waals surface area contributed by atoms with Crippen molar-refractivity contribution in [3.63, 3.8) is 0 Å². The molecular formula is C22H24N2O6. The number of hydrogen-bond donors (Lipinski definition) is 1. The van der Waals surface area contributed by atoms with Gasteiger partial charge in [-0.25, -0.2) is 4.79 Å². The van der Waals surface area contributed by atoms with E-state index in [0.29, 0.717) is 6.42 Å². The molecular weight excluding hydrogens is 388 g/mol. The summed E-state index contributed by atoms with van der Waals surface area (Å²) in [7, 11) is 0. The van der Waals surface area contributed by atoms with E-state index in [-0.39, 0.29) is 29.5 Å². The highest BCUT2D eigenvalue weighted by Gasteiger charge is 2.42. The number of non-ortho nitro benzene ring substituents is 1. The van der Waals surface area contributed by atoms with Gasteiger partial charge in [0.25, 0.3) is 11.6 Å². The van der Waals surface area contributed by atoms with Crippen LogP contribution in [-0.2, 0) is 16.0 Å². The van der Waals surface area contributed by atoms with E-state index in [1.165, 1.54) is 18.2 Å². The molecule has 30 heavy (non-hydrogen) atoms. The number of anilines is 1. The number of aryl methyl sites for hydroxylation is 2. The highest BCUT2D eigenvalue weighted by atomic mass is 16.6. The summed E-state index contributed by atoms with van der Waals surface area (Å²) in [5.41, 5.74) is 1.92. The Morgan fingerprint density at radius 3 is 2.47 bits per heavy atom. The molecule has 2 unspecified atom stereocenters. The van der Waals surface area contributed by atoms with E-state index in [1.807, 2.05) is 31.2 Å². The van der Waals surface area contributed by atoms with Crippen molar-refractivity contribution in [2.24, 2.45) is 5.92 Å². The molecule has 0 aromatic heterocycles. The Hall–Kier alpha value is -3.42. The minimum absolute atomic E-state index is 0.113. The Kier molecular flexibility index (Phi) is 6.05. The Morgan fingerprint density at radius 1 is 1.23 bits per heavy atom. The zero-order chi connectivity index (χ0) is 22.0. The molecule has 0 bridgehead atoms. The first kappa shape index (κ1) is 21.3. The summed E-state index contributed by atoms with van der Waals surface area (Å²) in [6.07, 6.45) is -0.254. The van der Waals surface area contributed by atoms with E-state index in [0.717, 1.165) is 16.0 Å². The molecule has 158 valence electrons. The Bertz CT molecular complexity index is 970. The van der Waals surface area contributed by atoms with Gasteiger partial charge < -0.3 is 9.84 Å². The zero-order valence-corrected chi connectivity index (χ0v) is 17.1. The molecule has 0 aliphatic carbocycles. The molecule has 2 aromatic carbocycles. The lowest BCUT2D eigenvalue weighted by Gasteiger charge is -2.38. The number of ether oxygens (including phenoxy) is 1. The lowest BCUT2D eigenvalue weighted by molar-refractivity contribution is -0.384. The fourth-order valence-corrected chi connectivity index (χ4v) is 3.51. The third-order valence-electron chi connectivity index (χ3n) is 5.18. The molecule has 1 aliphatic rings. The van der Waals surface area contributed by atoms with E-state index < -0.39 is 28.9 Å². The number of carbonyl (C=O) groups is 2. The summed E-state index contributed by atoms with van der Waals surface area (Å²) in [6, 6.07) is 10.5. The van der Waals surface area contributed by atoms with Crippen LogP contribution in [0.2, 0.25) is 0 Å². The van der Waals surface area contributed by atoms with Crippen LogP contribution < -0.4 is 9.64 Å². The van der Waals surface area contributed by atoms with Gasteiger partial charge in [-0.15, -0.1) is 0 Å². The van der Waals surface area contributed by atoms with Crippen molar-refractivity contribution in [3.05, 3.63) is 63.7 Å². The van der Waals surface area contributed by atoms with Crippen molar-refractivity contribution in [3.8, 4) is 5.75 Å². The second-order valence-electron chi connectivity index (χ2n) is 7.78. The van der Waals surface area contributed by atoms with Crippen molar-refractivity contribution in [1.29, 1.82) is 0 Å². The van der Waals surface area contributed by atoms with E-state index in [2.05, 4.69) is 0 Å². The number of hydrogen-bond acceptors (Lipinski definition) is 5. The number of nitro groups is 1. The highest BCUT2D eigenvalue weighted by molar-refractivity contribution is 6.04. The number of aliphatic carboxylic acids is 1. The van der Waals surface area contributed by atoms with Gasteiger partial charge in [-0.2, -0.15) is 0 Å². The summed E-state index contributed by atoms with van der Waals surface area (Å²) in [5, 5.41) is 21.2. The van der Waals surface area contributed by atoms with Crippen LogP contribution in [-0.4, -0.2) is 34.1 Å². The number of benzene rings is 2. The summed E-state index contributed by atoms with van der Waals surface area (Å²) in [5.74, 6) is -1.61. The highest BCUT2D eigenvalue weighted by Crippen LogP contribution is 2.40. The van der Waals surface area contributed by atoms with E-state index in [1.54, 1.807) is 13.8 Å². The quantitative estimate of drug-likeness (QED) is 0.548. The predicted molar refractivity (Wildman–Crippen MR) is 111 cm³/mol. The second-order valence-corrected chi connectivity index (χ2v) is 7.78. The van der Waals surface area contributed by atoms with E-state index in [4.69, 9.17) is 4.74 Å². The van der Waals surface area contributed by atoms with Crippen LogP contribution in [0, 0.1) is 23.0 Å². The lowest BCUT2D eigenvalue weighted by Crippen LogP contribution is -2.55. The molecule has 2 aromatic rings. The third-order valence-corrected chi connectivity index (χ3v) is 5.18. The van der Waals surface area contributed by atoms with Crippen LogP contribution in [0.3, 0.4) is 0 Å². The molecule has 1 heterocycles. The van der Waals surface area contributed by atoms with Crippen LogP contribution >= 0.6 is 0 Å². The maximum absolute atomic E-state index is 13.2. The van der Waals surface area contributed by atoms with E-state index >= 15 is 0 Å². The summed E-state index contributed by atoms with van der Waals surface area (Å²) < 4.78 is 5.77. The molecule has 0 fully saturated rings. The molecule has 8 heteroatoms. The number of rotatable bonds is 7. The molecule has 1 N–H and O–H groups in total. The summed E-state index contributed by atoms with van der Waals surface area (Å²) >= 11 is 0. The minimum Gasteiger partial charge on any atom is -0.480 e. The topological polar surface area (TPSA) is 110 Å². The number of nitro benzene ring substituents is 1. The molecule has 1 aliphatic heterocycles. The fourth-order valence-electron chi connectivity index (χ4n) is 3.51. The van der Waals surface area contributed by atoms with Crippen molar-refractivity contribution in [2.45, 2.75) is 45.8 Å². The number of carbonyl (C=O) groups excluding carboxylic acids is 1. The molecule has 1 amide bonds. The van der Waals surface area contributed by atoms with Gasteiger partial charge in [0.05, 0.1) is 10.6 Å². The van der Waals surface area contributed by atoms with Crippen LogP contribution in [0.4, 0.5) is 11.4 Å². The molecule has 2 atom stereocenters. The standard InChI is InChI=1S/C22H24N2O6/c1-13(2)20-21(25)23(18-12-16(24(28)29)9-11-19(18)30-20)17(22(26)27)10-8-15-6-4-14(3)5-7-15/h4-7,9,11-13,17,20H,8,10H2,1-3H3,(H,26,27). The van der Waals surface area contributed by atoms with Gasteiger partial charge >= 0.3 is 5.97 Å². The maximum atomic E-state index is 13.2. The maximum Gasteiger partial charge on any atom is 0.326 e. The largest absolute Gasteiger partial charge is 0.480 e. The smallest absolute Gasteiger partial charge is 0.326 e. The van der Waals surface area contributed by atoms with Gasteiger partial charge in [0.2, 0.25) is 0 Å². The fraction of sp³-hybridized carbons (Fsp3) is 0.364. The van der Waals surface area contributed by atoms with Gasteiger partial charge in [-0.05, 0) is 37.3 Å². The zero-order valence-electron chi connectivity index (χ0n) is 17.1. The van der Waals surface area contributed by atoms with Gasteiger partial charge in [0.15, 0.2) is 6.10 Å². The minimum atomic E-state index is -1.18. The van der Waals surface area contributed by atoms with Crippen LogP contribution in [0.15, 0.2) is 42.5 Å². The molecule has 0 spiro atoms. The van der Waals surface area contributed by atoms with Gasteiger partial charge in [0.1, 0.15) is 11.8 Å².